The summed E-state index contributed by atoms with van der Waals surface area (Å²) in [5, 5.41) is 3.65. The van der Waals surface area contributed by atoms with E-state index in [0.717, 1.165) is 13.0 Å². The molecule has 1 aliphatic carbocycles. The van der Waals surface area contributed by atoms with Gasteiger partial charge < -0.3 is 9.88 Å². The molecule has 102 valence electrons. The van der Waals surface area contributed by atoms with E-state index >= 15 is 0 Å². The Kier molecular flexibility index (Phi) is 4.10. The SMILES string of the molecule is CCC(C)(C)NCC(C)n1cnc2c1CCCC2. The number of aryl methyl sites for hydroxylation is 1. The zero-order valence-electron chi connectivity index (χ0n) is 12.3. The van der Waals surface area contributed by atoms with Crippen molar-refractivity contribution in [3.05, 3.63) is 17.7 Å². The molecule has 1 aliphatic rings. The molecule has 0 saturated heterocycles. The molecule has 1 aromatic heterocycles. The largest absolute Gasteiger partial charge is 0.330 e. The van der Waals surface area contributed by atoms with Crippen LogP contribution in [0.3, 0.4) is 0 Å². The van der Waals surface area contributed by atoms with E-state index in [-0.39, 0.29) is 5.54 Å². The van der Waals surface area contributed by atoms with Crippen LogP contribution in [0.25, 0.3) is 0 Å². The quantitative estimate of drug-likeness (QED) is 0.869. The first-order chi connectivity index (χ1) is 8.53. The fourth-order valence-electron chi connectivity index (χ4n) is 2.52. The average molecular weight is 249 g/mol. The molecule has 0 radical (unpaired) electrons. The number of fused-ring (bicyclic) bond motifs is 1. The Morgan fingerprint density at radius 3 is 2.83 bits per heavy atom. The molecular weight excluding hydrogens is 222 g/mol. The van der Waals surface area contributed by atoms with Gasteiger partial charge in [0.2, 0.25) is 0 Å². The molecule has 1 aromatic rings. The van der Waals surface area contributed by atoms with E-state index in [0.29, 0.717) is 6.04 Å². The van der Waals surface area contributed by atoms with Gasteiger partial charge in [-0.1, -0.05) is 6.92 Å². The van der Waals surface area contributed by atoms with Crippen LogP contribution in [0.2, 0.25) is 0 Å². The van der Waals surface area contributed by atoms with E-state index in [1.54, 1.807) is 0 Å². The average Bonchev–Trinajstić information content (AvgIpc) is 2.80. The molecule has 0 spiro atoms. The predicted molar refractivity (Wildman–Crippen MR) is 76.0 cm³/mol. The van der Waals surface area contributed by atoms with Crippen LogP contribution < -0.4 is 5.32 Å². The highest BCUT2D eigenvalue weighted by Gasteiger charge is 2.20. The fourth-order valence-corrected chi connectivity index (χ4v) is 2.52. The van der Waals surface area contributed by atoms with Crippen molar-refractivity contribution in [3.63, 3.8) is 0 Å². The first kappa shape index (κ1) is 13.6. The summed E-state index contributed by atoms with van der Waals surface area (Å²) in [5.74, 6) is 0. The molecule has 2 rings (SSSR count). The second-order valence-electron chi connectivity index (χ2n) is 6.22. The number of rotatable bonds is 5. The number of nitrogens with one attached hydrogen (secondary N) is 1. The molecule has 1 N–H and O–H groups in total. The van der Waals surface area contributed by atoms with Crippen LogP contribution in [0.15, 0.2) is 6.33 Å². The van der Waals surface area contributed by atoms with Gasteiger partial charge >= 0.3 is 0 Å². The minimum Gasteiger partial charge on any atom is -0.330 e. The van der Waals surface area contributed by atoms with Crippen LogP contribution in [0.4, 0.5) is 0 Å². The van der Waals surface area contributed by atoms with Crippen LogP contribution in [0.5, 0.6) is 0 Å². The Balaban J connectivity index is 2.01. The Labute approximate surface area is 111 Å². The highest BCUT2D eigenvalue weighted by molar-refractivity contribution is 5.17. The van der Waals surface area contributed by atoms with E-state index in [1.165, 1.54) is 37.1 Å². The van der Waals surface area contributed by atoms with Crippen molar-refractivity contribution in [2.45, 2.75) is 71.4 Å². The number of nitrogens with zero attached hydrogens (tertiary/aromatic N) is 2. The van der Waals surface area contributed by atoms with Gasteiger partial charge in [0.25, 0.3) is 0 Å². The molecule has 18 heavy (non-hydrogen) atoms. The van der Waals surface area contributed by atoms with Gasteiger partial charge in [-0.05, 0) is 52.9 Å². The molecule has 1 unspecified atom stereocenters. The Hall–Kier alpha value is -0.830. The summed E-state index contributed by atoms with van der Waals surface area (Å²) in [4.78, 5) is 4.58. The summed E-state index contributed by atoms with van der Waals surface area (Å²) in [6.45, 7) is 10.1. The molecule has 0 aromatic carbocycles. The molecule has 0 aliphatic heterocycles. The lowest BCUT2D eigenvalue weighted by Gasteiger charge is -2.28. The van der Waals surface area contributed by atoms with Crippen molar-refractivity contribution in [3.8, 4) is 0 Å². The summed E-state index contributed by atoms with van der Waals surface area (Å²) >= 11 is 0. The number of imidazole rings is 1. The van der Waals surface area contributed by atoms with E-state index < -0.39 is 0 Å². The van der Waals surface area contributed by atoms with Crippen molar-refractivity contribution < 1.29 is 0 Å². The van der Waals surface area contributed by atoms with Gasteiger partial charge in [0.1, 0.15) is 0 Å². The Morgan fingerprint density at radius 1 is 1.39 bits per heavy atom. The minimum atomic E-state index is 0.231. The lowest BCUT2D eigenvalue weighted by molar-refractivity contribution is 0.341. The first-order valence-electron chi connectivity index (χ1n) is 7.33. The van der Waals surface area contributed by atoms with E-state index in [4.69, 9.17) is 0 Å². The van der Waals surface area contributed by atoms with Crippen LogP contribution in [0.1, 0.15) is 64.4 Å². The van der Waals surface area contributed by atoms with Crippen molar-refractivity contribution >= 4 is 0 Å². The second kappa shape index (κ2) is 5.43. The highest BCUT2D eigenvalue weighted by atomic mass is 15.1. The maximum atomic E-state index is 4.58. The normalized spacial score (nSPS) is 17.6. The van der Waals surface area contributed by atoms with Gasteiger partial charge in [0.15, 0.2) is 0 Å². The Morgan fingerprint density at radius 2 is 2.11 bits per heavy atom. The molecule has 0 fully saturated rings. The monoisotopic (exact) mass is 249 g/mol. The summed E-state index contributed by atoms with van der Waals surface area (Å²) in [5.41, 5.74) is 3.04. The number of hydrogen-bond acceptors (Lipinski definition) is 2. The summed E-state index contributed by atoms with van der Waals surface area (Å²) in [6.07, 6.45) is 8.20. The van der Waals surface area contributed by atoms with Crippen LogP contribution >= 0.6 is 0 Å². The fraction of sp³-hybridized carbons (Fsp3) is 0.800. The number of aromatic nitrogens is 2. The van der Waals surface area contributed by atoms with Gasteiger partial charge in [-0.25, -0.2) is 4.98 Å². The summed E-state index contributed by atoms with van der Waals surface area (Å²) < 4.78 is 2.38. The van der Waals surface area contributed by atoms with E-state index in [9.17, 15) is 0 Å². The lowest BCUT2D eigenvalue weighted by Crippen LogP contribution is -2.41. The predicted octanol–water partition coefficient (Wildman–Crippen LogP) is 3.10. The van der Waals surface area contributed by atoms with Gasteiger partial charge in [-0.3, -0.25) is 0 Å². The highest BCUT2D eigenvalue weighted by Crippen LogP contribution is 2.23. The van der Waals surface area contributed by atoms with Crippen LogP contribution in [-0.2, 0) is 12.8 Å². The molecule has 0 saturated carbocycles. The number of hydrogen-bond donors (Lipinski definition) is 1. The molecule has 1 atom stereocenters. The zero-order valence-corrected chi connectivity index (χ0v) is 12.3. The van der Waals surface area contributed by atoms with Crippen molar-refractivity contribution in [2.24, 2.45) is 0 Å². The molecule has 0 amide bonds. The third-order valence-electron chi connectivity index (χ3n) is 4.29. The maximum absolute atomic E-state index is 4.58. The van der Waals surface area contributed by atoms with Gasteiger partial charge in [-0.2, -0.15) is 0 Å². The zero-order chi connectivity index (χ0) is 13.2. The maximum Gasteiger partial charge on any atom is 0.0954 e. The third-order valence-corrected chi connectivity index (χ3v) is 4.29. The topological polar surface area (TPSA) is 29.9 Å². The molecule has 3 nitrogen and oxygen atoms in total. The summed E-state index contributed by atoms with van der Waals surface area (Å²) in [7, 11) is 0. The van der Waals surface area contributed by atoms with E-state index in [1.807, 2.05) is 6.33 Å². The smallest absolute Gasteiger partial charge is 0.0954 e. The minimum absolute atomic E-state index is 0.231. The van der Waals surface area contributed by atoms with Gasteiger partial charge in [0, 0.05) is 23.8 Å². The van der Waals surface area contributed by atoms with Gasteiger partial charge in [0.05, 0.1) is 12.0 Å². The van der Waals surface area contributed by atoms with Crippen molar-refractivity contribution in [1.29, 1.82) is 0 Å². The molecular formula is C15H27N3. The van der Waals surface area contributed by atoms with E-state index in [2.05, 4.69) is 42.6 Å². The second-order valence-corrected chi connectivity index (χ2v) is 6.22. The lowest BCUT2D eigenvalue weighted by atomic mass is 10.00. The molecule has 0 bridgehead atoms. The molecule has 1 heterocycles. The summed E-state index contributed by atoms with van der Waals surface area (Å²) in [6, 6.07) is 0.491. The van der Waals surface area contributed by atoms with Crippen molar-refractivity contribution in [2.75, 3.05) is 6.54 Å². The van der Waals surface area contributed by atoms with Crippen molar-refractivity contribution in [1.82, 2.24) is 14.9 Å². The van der Waals surface area contributed by atoms with Crippen LogP contribution in [0, 0.1) is 0 Å². The van der Waals surface area contributed by atoms with Crippen LogP contribution in [-0.4, -0.2) is 21.6 Å². The molecule has 3 heteroatoms. The first-order valence-corrected chi connectivity index (χ1v) is 7.33. The third kappa shape index (κ3) is 2.94. The Bertz CT molecular complexity index is 392. The standard InChI is InChI=1S/C15H27N3/c1-5-15(3,4)17-10-12(2)18-11-16-13-8-6-7-9-14(13)18/h11-12,17H,5-10H2,1-4H3. The van der Waals surface area contributed by atoms with Gasteiger partial charge in [-0.15, -0.1) is 0 Å².